The number of nitrogens with zero attached hydrogens (tertiary/aromatic N) is 7. The highest BCUT2D eigenvalue weighted by Crippen LogP contribution is 2.43. The number of hydrogen-bond acceptors (Lipinski definition) is 9. The second-order valence-corrected chi connectivity index (χ2v) is 17.6. The predicted octanol–water partition coefficient (Wildman–Crippen LogP) is 3.96. The maximum atomic E-state index is 14.4. The van der Waals surface area contributed by atoms with Crippen LogP contribution in [0.2, 0.25) is 0 Å². The lowest BCUT2D eigenvalue weighted by Crippen LogP contribution is -2.55. The lowest BCUT2D eigenvalue weighted by molar-refractivity contribution is 0.0491. The molecular weight excluding hydrogens is 660 g/mol. The molecule has 0 aliphatic carbocycles. The molecule has 7 rings (SSSR count). The average Bonchev–Trinajstić information content (AvgIpc) is 3.86. The van der Waals surface area contributed by atoms with Crippen molar-refractivity contribution in [2.24, 2.45) is 11.3 Å². The molecule has 5 fully saturated rings. The van der Waals surface area contributed by atoms with E-state index in [1.54, 1.807) is 19.7 Å². The molecule has 1 N–H and O–H groups in total. The molecule has 0 saturated carbocycles. The Hall–Kier alpha value is -2.91. The van der Waals surface area contributed by atoms with Gasteiger partial charge in [0.05, 0.1) is 11.8 Å². The Labute approximate surface area is 296 Å². The number of anilines is 1. The molecule has 2 aromatic rings. The molecule has 274 valence electrons. The first-order chi connectivity index (χ1) is 23.9. The van der Waals surface area contributed by atoms with Crippen LogP contribution in [0.3, 0.4) is 0 Å². The number of ether oxygens (including phenoxy) is 1. The molecule has 5 saturated heterocycles. The molecule has 50 heavy (non-hydrogen) atoms. The zero-order valence-electron chi connectivity index (χ0n) is 29.9. The number of benzene rings is 1. The molecule has 0 unspecified atom stereocenters. The number of halogens is 1. The molecule has 1 spiro atoms. The van der Waals surface area contributed by atoms with Gasteiger partial charge in [-0.05, 0) is 109 Å². The predicted molar refractivity (Wildman–Crippen MR) is 190 cm³/mol. The Balaban J connectivity index is 0.934. The number of carbonyl (C=O) groups is 1. The fourth-order valence-corrected chi connectivity index (χ4v) is 10.9. The number of fused-ring (bicyclic) bond motifs is 2. The van der Waals surface area contributed by atoms with E-state index in [1.807, 2.05) is 27.7 Å². The van der Waals surface area contributed by atoms with E-state index in [2.05, 4.69) is 25.1 Å². The molecule has 2 bridgehead atoms. The Kier molecular flexibility index (Phi) is 10.1. The molecular formula is C36H53FN8O4S. The quantitative estimate of drug-likeness (QED) is 0.391. The number of carbonyl (C=O) groups excluding carboxylic acids is 1. The summed E-state index contributed by atoms with van der Waals surface area (Å²) in [7, 11) is -3.38. The van der Waals surface area contributed by atoms with E-state index in [4.69, 9.17) is 4.74 Å². The fourth-order valence-electron chi connectivity index (χ4n) is 9.09. The second kappa shape index (κ2) is 14.3. The van der Waals surface area contributed by atoms with Crippen LogP contribution in [0, 0.1) is 17.2 Å². The van der Waals surface area contributed by atoms with Crippen molar-refractivity contribution < 1.29 is 22.3 Å². The molecule has 12 nitrogen and oxygen atoms in total. The van der Waals surface area contributed by atoms with Crippen LogP contribution < -0.4 is 15.0 Å². The molecule has 14 heteroatoms. The zero-order valence-corrected chi connectivity index (χ0v) is 30.7. The summed E-state index contributed by atoms with van der Waals surface area (Å²) < 4.78 is 51.1. The van der Waals surface area contributed by atoms with E-state index in [0.29, 0.717) is 43.2 Å². The lowest BCUT2D eigenvalue weighted by atomic mass is 9.71. The van der Waals surface area contributed by atoms with E-state index in [1.165, 1.54) is 24.5 Å². The Morgan fingerprint density at radius 3 is 2.42 bits per heavy atom. The summed E-state index contributed by atoms with van der Waals surface area (Å²) in [6, 6.07) is 4.36. The van der Waals surface area contributed by atoms with Crippen molar-refractivity contribution in [3.05, 3.63) is 42.1 Å². The van der Waals surface area contributed by atoms with Crippen LogP contribution in [0.1, 0.15) is 76.6 Å². The maximum Gasteiger partial charge on any atom is 0.282 e. The van der Waals surface area contributed by atoms with Gasteiger partial charge in [-0.25, -0.2) is 14.4 Å². The van der Waals surface area contributed by atoms with Crippen LogP contribution in [0.4, 0.5) is 10.2 Å². The van der Waals surface area contributed by atoms with Gasteiger partial charge >= 0.3 is 0 Å². The summed E-state index contributed by atoms with van der Waals surface area (Å²) in [5, 5.41) is 3.41. The van der Waals surface area contributed by atoms with Crippen molar-refractivity contribution in [2.75, 3.05) is 63.8 Å². The topological polar surface area (TPSA) is 114 Å². The van der Waals surface area contributed by atoms with Gasteiger partial charge in [0.15, 0.2) is 11.6 Å². The third-order valence-electron chi connectivity index (χ3n) is 11.8. The van der Waals surface area contributed by atoms with Gasteiger partial charge in [-0.15, -0.1) is 0 Å². The smallest absolute Gasteiger partial charge is 0.282 e. The zero-order chi connectivity index (χ0) is 35.2. The van der Waals surface area contributed by atoms with E-state index in [0.717, 1.165) is 77.8 Å². The van der Waals surface area contributed by atoms with Crippen LogP contribution in [-0.2, 0) is 10.2 Å². The van der Waals surface area contributed by atoms with Crippen LogP contribution in [-0.4, -0.2) is 126 Å². The number of piperazine rings is 1. The minimum atomic E-state index is -3.38. The minimum Gasteiger partial charge on any atom is -0.451 e. The third kappa shape index (κ3) is 7.10. The summed E-state index contributed by atoms with van der Waals surface area (Å²) in [5.74, 6) is 1.08. The molecule has 1 aromatic heterocycles. The van der Waals surface area contributed by atoms with Crippen LogP contribution in [0.15, 0.2) is 30.7 Å². The van der Waals surface area contributed by atoms with Crippen molar-refractivity contribution in [1.82, 2.24) is 33.7 Å². The number of likely N-dealkylation sites (tertiary alicyclic amines) is 1. The average molecular weight is 713 g/mol. The van der Waals surface area contributed by atoms with E-state index >= 15 is 0 Å². The number of piperidine rings is 2. The highest BCUT2D eigenvalue weighted by atomic mass is 32.2. The van der Waals surface area contributed by atoms with Crippen LogP contribution in [0.25, 0.3) is 0 Å². The molecule has 5 aliphatic rings. The number of aromatic nitrogens is 2. The van der Waals surface area contributed by atoms with Crippen molar-refractivity contribution in [3.8, 4) is 11.5 Å². The summed E-state index contributed by atoms with van der Waals surface area (Å²) in [6.45, 7) is 15.2. The summed E-state index contributed by atoms with van der Waals surface area (Å²) in [4.78, 5) is 28.9. The molecule has 1 amide bonds. The molecule has 0 radical (unpaired) electrons. The standard InChI is InChI=1S/C36H53FN8O4S/c1-25(2)45(26(3)4)35(46)31-17-28(37)5-6-32(31)49-33-20-38-24-40-34(33)42-12-7-27(22-42)21-41-13-8-36(9-14-41)10-15-43(16-11-36)50(47,48)44-23-29-18-30(44)19-39-29/h5-6,17,20,24-27,29-30,39H,7-16,18-19,21-23H2,1-4H3/t27-,29-,30-/m0/s1. The van der Waals surface area contributed by atoms with Crippen LogP contribution >= 0.6 is 0 Å². The number of rotatable bonds is 10. The fraction of sp³-hybridized carbons (Fsp3) is 0.694. The molecule has 1 aromatic carbocycles. The molecule has 6 heterocycles. The Morgan fingerprint density at radius 2 is 1.76 bits per heavy atom. The summed E-state index contributed by atoms with van der Waals surface area (Å²) in [6.07, 6.45) is 9.22. The molecule has 5 aliphatic heterocycles. The third-order valence-corrected chi connectivity index (χ3v) is 13.9. The van der Waals surface area contributed by atoms with Gasteiger partial charge < -0.3 is 24.8 Å². The monoisotopic (exact) mass is 712 g/mol. The second-order valence-electron chi connectivity index (χ2n) is 15.7. The first-order valence-corrected chi connectivity index (χ1v) is 19.9. The van der Waals surface area contributed by atoms with E-state index in [9.17, 15) is 17.6 Å². The van der Waals surface area contributed by atoms with Crippen LogP contribution in [0.5, 0.6) is 11.5 Å². The highest BCUT2D eigenvalue weighted by molar-refractivity contribution is 7.86. The lowest BCUT2D eigenvalue weighted by Gasteiger charge is -2.47. The molecule has 3 atom stereocenters. The van der Waals surface area contributed by atoms with Crippen molar-refractivity contribution in [1.29, 1.82) is 0 Å². The first-order valence-electron chi connectivity index (χ1n) is 18.5. The normalized spacial score (nSPS) is 26.1. The number of amides is 1. The summed E-state index contributed by atoms with van der Waals surface area (Å²) >= 11 is 0. The van der Waals surface area contributed by atoms with Gasteiger partial charge in [-0.3, -0.25) is 4.79 Å². The Bertz CT molecular complexity index is 1630. The van der Waals surface area contributed by atoms with Gasteiger partial charge in [0, 0.05) is 70.0 Å². The van der Waals surface area contributed by atoms with Gasteiger partial charge in [0.25, 0.3) is 16.1 Å². The van der Waals surface area contributed by atoms with E-state index in [-0.39, 0.29) is 40.8 Å². The van der Waals surface area contributed by atoms with E-state index < -0.39 is 16.0 Å². The summed E-state index contributed by atoms with van der Waals surface area (Å²) in [5.41, 5.74) is 0.415. The first kappa shape index (κ1) is 35.5. The number of nitrogens with one attached hydrogen (secondary N) is 1. The highest BCUT2D eigenvalue weighted by Gasteiger charge is 2.48. The van der Waals surface area contributed by atoms with Gasteiger partial charge in [0.1, 0.15) is 17.9 Å². The number of hydrogen-bond donors (Lipinski definition) is 1. The van der Waals surface area contributed by atoms with Crippen molar-refractivity contribution in [2.45, 2.75) is 90.4 Å². The van der Waals surface area contributed by atoms with Crippen molar-refractivity contribution in [3.63, 3.8) is 0 Å². The Morgan fingerprint density at radius 1 is 1.04 bits per heavy atom. The minimum absolute atomic E-state index is 0.0640. The van der Waals surface area contributed by atoms with Gasteiger partial charge in [-0.1, -0.05) is 0 Å². The van der Waals surface area contributed by atoms with Gasteiger partial charge in [-0.2, -0.15) is 17.0 Å². The largest absolute Gasteiger partial charge is 0.451 e. The van der Waals surface area contributed by atoms with Gasteiger partial charge in [0.2, 0.25) is 0 Å². The SMILES string of the molecule is CC(C)N(C(=O)c1cc(F)ccc1Oc1cncnc1N1CC[C@@H](CN2CCC3(CC2)CCN(S(=O)(=O)N2C[C@@H]4C[C@H]2CN4)CC3)C1)C(C)C. The maximum absolute atomic E-state index is 14.4. The van der Waals surface area contributed by atoms with Crippen molar-refractivity contribution >= 4 is 21.9 Å².